The van der Waals surface area contributed by atoms with Crippen molar-refractivity contribution in [2.75, 3.05) is 33.1 Å². The zero-order valence-corrected chi connectivity index (χ0v) is 16.2. The molecule has 0 spiro atoms. The van der Waals surface area contributed by atoms with Crippen molar-refractivity contribution in [1.29, 1.82) is 0 Å². The first-order valence-corrected chi connectivity index (χ1v) is 9.58. The minimum Gasteiger partial charge on any atom is -0.496 e. The number of aliphatic hydroxyl groups excluding tert-OH is 1. The highest BCUT2D eigenvalue weighted by Gasteiger charge is 2.18. The van der Waals surface area contributed by atoms with E-state index in [1.165, 1.54) is 39.4 Å². The molecule has 2 amide bonds. The van der Waals surface area contributed by atoms with Crippen molar-refractivity contribution in [1.82, 2.24) is 9.62 Å². The molecule has 0 bridgehead atoms. The van der Waals surface area contributed by atoms with Gasteiger partial charge >= 0.3 is 6.03 Å². The van der Waals surface area contributed by atoms with E-state index in [4.69, 9.17) is 4.74 Å². The van der Waals surface area contributed by atoms with Crippen LogP contribution in [0.1, 0.15) is 11.7 Å². The van der Waals surface area contributed by atoms with Crippen molar-refractivity contribution in [2.24, 2.45) is 0 Å². The van der Waals surface area contributed by atoms with Gasteiger partial charge in [-0.3, -0.25) is 0 Å². The van der Waals surface area contributed by atoms with Gasteiger partial charge in [-0.05, 0) is 24.3 Å². The van der Waals surface area contributed by atoms with E-state index in [2.05, 4.69) is 10.6 Å². The molecular weight excluding hydrogens is 370 g/mol. The number of benzene rings is 2. The molecule has 146 valence electrons. The lowest BCUT2D eigenvalue weighted by Gasteiger charge is -2.16. The van der Waals surface area contributed by atoms with Crippen molar-refractivity contribution in [3.63, 3.8) is 0 Å². The molecule has 0 fully saturated rings. The Morgan fingerprint density at radius 2 is 1.89 bits per heavy atom. The number of carbonyl (C=O) groups is 1. The number of nitrogens with zero attached hydrogens (tertiary/aromatic N) is 1. The van der Waals surface area contributed by atoms with Gasteiger partial charge in [-0.15, -0.1) is 0 Å². The van der Waals surface area contributed by atoms with Gasteiger partial charge in [0, 0.05) is 31.9 Å². The number of anilines is 1. The largest absolute Gasteiger partial charge is 0.496 e. The highest BCUT2D eigenvalue weighted by molar-refractivity contribution is 7.89. The van der Waals surface area contributed by atoms with Crippen LogP contribution in [0.5, 0.6) is 5.75 Å². The highest BCUT2D eigenvalue weighted by atomic mass is 32.2. The van der Waals surface area contributed by atoms with Gasteiger partial charge in [0.2, 0.25) is 10.0 Å². The van der Waals surface area contributed by atoms with Gasteiger partial charge in [0.1, 0.15) is 5.75 Å². The SMILES string of the molecule is COc1ccccc1C(O)CNC(=O)Nc1cccc(S(=O)(=O)N(C)C)c1. The fourth-order valence-electron chi connectivity index (χ4n) is 2.36. The number of aliphatic hydroxyl groups is 1. The molecule has 8 nitrogen and oxygen atoms in total. The number of urea groups is 1. The fourth-order valence-corrected chi connectivity index (χ4v) is 3.31. The molecule has 0 aliphatic heterocycles. The van der Waals surface area contributed by atoms with Crippen molar-refractivity contribution in [3.8, 4) is 5.75 Å². The summed E-state index contributed by atoms with van der Waals surface area (Å²) in [6, 6.07) is 12.3. The van der Waals surface area contributed by atoms with Crippen molar-refractivity contribution in [2.45, 2.75) is 11.0 Å². The summed E-state index contributed by atoms with van der Waals surface area (Å²) >= 11 is 0. The summed E-state index contributed by atoms with van der Waals surface area (Å²) in [4.78, 5) is 12.1. The Balaban J connectivity index is 2.00. The monoisotopic (exact) mass is 393 g/mol. The first-order chi connectivity index (χ1) is 12.8. The standard InChI is InChI=1S/C18H23N3O5S/c1-21(2)27(24,25)14-8-6-7-13(11-14)20-18(23)19-12-16(22)15-9-4-5-10-17(15)26-3/h4-11,16,22H,12H2,1-3H3,(H2,19,20,23). The van der Waals surface area contributed by atoms with Gasteiger partial charge in [0.15, 0.2) is 0 Å². The molecule has 2 aromatic carbocycles. The Bertz CT molecular complexity index is 899. The topological polar surface area (TPSA) is 108 Å². The molecule has 27 heavy (non-hydrogen) atoms. The zero-order chi connectivity index (χ0) is 20.0. The number of methoxy groups -OCH3 is 1. The molecule has 0 saturated heterocycles. The van der Waals surface area contributed by atoms with Gasteiger partial charge < -0.3 is 20.5 Å². The number of sulfonamides is 1. The number of hydrogen-bond acceptors (Lipinski definition) is 5. The van der Waals surface area contributed by atoms with E-state index in [0.29, 0.717) is 17.0 Å². The van der Waals surface area contributed by atoms with Crippen LogP contribution in [-0.4, -0.2) is 51.6 Å². The van der Waals surface area contributed by atoms with E-state index >= 15 is 0 Å². The lowest BCUT2D eigenvalue weighted by Crippen LogP contribution is -2.32. The number of para-hydroxylation sites is 1. The Labute approximate surface area is 158 Å². The van der Waals surface area contributed by atoms with Crippen molar-refractivity contribution >= 4 is 21.7 Å². The lowest BCUT2D eigenvalue weighted by molar-refractivity contribution is 0.171. The predicted octanol–water partition coefficient (Wildman–Crippen LogP) is 1.80. The van der Waals surface area contributed by atoms with Gasteiger partial charge in [-0.2, -0.15) is 0 Å². The van der Waals surface area contributed by atoms with Gasteiger partial charge in [0.25, 0.3) is 0 Å². The number of rotatable bonds is 7. The third-order valence-corrected chi connectivity index (χ3v) is 5.64. The van der Waals surface area contributed by atoms with E-state index in [1.807, 2.05) is 0 Å². The number of ether oxygens (including phenoxy) is 1. The van der Waals surface area contributed by atoms with E-state index in [1.54, 1.807) is 30.3 Å². The Kier molecular flexibility index (Phi) is 6.78. The molecule has 0 heterocycles. The molecule has 3 N–H and O–H groups in total. The molecule has 0 aliphatic carbocycles. The summed E-state index contributed by atoms with van der Waals surface area (Å²) in [6.45, 7) is -0.0398. The maximum absolute atomic E-state index is 12.2. The normalized spacial score (nSPS) is 12.5. The number of carbonyl (C=O) groups excluding carboxylic acids is 1. The van der Waals surface area contributed by atoms with Crippen LogP contribution in [0.3, 0.4) is 0 Å². The number of amides is 2. The summed E-state index contributed by atoms with van der Waals surface area (Å²) in [6.07, 6.45) is -0.952. The van der Waals surface area contributed by atoms with Crippen molar-refractivity contribution < 1.29 is 23.1 Å². The second-order valence-corrected chi connectivity index (χ2v) is 8.06. The Hall–Kier alpha value is -2.62. The minimum atomic E-state index is -3.60. The third kappa shape index (κ3) is 5.19. The molecule has 2 aromatic rings. The summed E-state index contributed by atoms with van der Waals surface area (Å²) in [5, 5.41) is 15.4. The quantitative estimate of drug-likeness (QED) is 0.665. The maximum Gasteiger partial charge on any atom is 0.319 e. The van der Waals surface area contributed by atoms with Crippen LogP contribution in [0.4, 0.5) is 10.5 Å². The molecular formula is C18H23N3O5S. The Morgan fingerprint density at radius 3 is 2.56 bits per heavy atom. The predicted molar refractivity (Wildman–Crippen MR) is 102 cm³/mol. The highest BCUT2D eigenvalue weighted by Crippen LogP contribution is 2.24. The van der Waals surface area contributed by atoms with Gasteiger partial charge in [-0.1, -0.05) is 24.3 Å². The van der Waals surface area contributed by atoms with Crippen LogP contribution >= 0.6 is 0 Å². The second kappa shape index (κ2) is 8.85. The van der Waals surface area contributed by atoms with Crippen LogP contribution < -0.4 is 15.4 Å². The van der Waals surface area contributed by atoms with Gasteiger partial charge in [0.05, 0.1) is 18.1 Å². The number of nitrogens with one attached hydrogen (secondary N) is 2. The smallest absolute Gasteiger partial charge is 0.319 e. The molecule has 0 saturated carbocycles. The molecule has 0 aromatic heterocycles. The molecule has 2 rings (SSSR count). The van der Waals surface area contributed by atoms with E-state index in [9.17, 15) is 18.3 Å². The molecule has 1 atom stereocenters. The first kappa shape index (κ1) is 20.7. The van der Waals surface area contributed by atoms with E-state index in [-0.39, 0.29) is 11.4 Å². The summed E-state index contributed by atoms with van der Waals surface area (Å²) in [7, 11) is 0.767. The second-order valence-electron chi connectivity index (χ2n) is 5.91. The molecule has 1 unspecified atom stereocenters. The zero-order valence-electron chi connectivity index (χ0n) is 15.3. The maximum atomic E-state index is 12.2. The van der Waals surface area contributed by atoms with E-state index in [0.717, 1.165) is 4.31 Å². The Morgan fingerprint density at radius 1 is 1.19 bits per heavy atom. The average molecular weight is 393 g/mol. The summed E-state index contributed by atoms with van der Waals surface area (Å²) in [5.74, 6) is 0.522. The van der Waals surface area contributed by atoms with Crippen LogP contribution in [0.2, 0.25) is 0 Å². The van der Waals surface area contributed by atoms with Crippen molar-refractivity contribution in [3.05, 3.63) is 54.1 Å². The number of hydrogen-bond donors (Lipinski definition) is 3. The molecule has 9 heteroatoms. The average Bonchev–Trinajstić information content (AvgIpc) is 2.66. The van der Waals surface area contributed by atoms with Crippen LogP contribution in [0.25, 0.3) is 0 Å². The fraction of sp³-hybridized carbons (Fsp3) is 0.278. The molecule has 0 radical (unpaired) electrons. The summed E-state index contributed by atoms with van der Waals surface area (Å²) in [5.41, 5.74) is 0.876. The lowest BCUT2D eigenvalue weighted by atomic mass is 10.1. The van der Waals surface area contributed by atoms with Crippen LogP contribution in [-0.2, 0) is 10.0 Å². The summed E-state index contributed by atoms with van der Waals surface area (Å²) < 4.78 is 30.6. The molecule has 0 aliphatic rings. The van der Waals surface area contributed by atoms with Crippen LogP contribution in [0.15, 0.2) is 53.4 Å². The first-order valence-electron chi connectivity index (χ1n) is 8.14. The van der Waals surface area contributed by atoms with Crippen LogP contribution in [0, 0.1) is 0 Å². The minimum absolute atomic E-state index is 0.0398. The van der Waals surface area contributed by atoms with E-state index < -0.39 is 22.2 Å². The van der Waals surface area contributed by atoms with Gasteiger partial charge in [-0.25, -0.2) is 17.5 Å². The third-order valence-electron chi connectivity index (χ3n) is 3.82.